The van der Waals surface area contributed by atoms with Crippen LogP contribution in [-0.2, 0) is 16.1 Å². The summed E-state index contributed by atoms with van der Waals surface area (Å²) in [7, 11) is 1.43. The number of methoxy groups -OCH3 is 1. The van der Waals surface area contributed by atoms with Crippen LogP contribution in [0.3, 0.4) is 0 Å². The number of hydrogen-bond acceptors (Lipinski definition) is 4. The van der Waals surface area contributed by atoms with E-state index in [0.717, 1.165) is 42.1 Å². The predicted molar refractivity (Wildman–Crippen MR) is 132 cm³/mol. The SMILES string of the molecule is COC(=O)C1CC2(CC(CC(=O)c3cc(Cl)cc4cnn(Cc5ccc(I)c(F)c5)c34)C2)C1. The molecule has 0 saturated heterocycles. The maximum Gasteiger partial charge on any atom is 0.308 e. The zero-order valence-electron chi connectivity index (χ0n) is 18.1. The number of nitrogens with zero attached hydrogens (tertiary/aromatic N) is 2. The quantitative estimate of drug-likeness (QED) is 0.203. The van der Waals surface area contributed by atoms with Crippen molar-refractivity contribution in [2.45, 2.75) is 38.6 Å². The molecule has 0 unspecified atom stereocenters. The topological polar surface area (TPSA) is 61.2 Å². The molecule has 0 amide bonds. The molecule has 8 heteroatoms. The van der Waals surface area contributed by atoms with Crippen molar-refractivity contribution in [1.29, 1.82) is 0 Å². The monoisotopic (exact) mass is 580 g/mol. The standard InChI is InChI=1S/C25H23ClFIN2O3/c1-33-24(32)17-10-25(11-17)8-15(9-25)5-22(31)19-7-18(26)6-16-12-29-30(23(16)19)13-14-2-3-21(28)20(27)4-14/h2-4,6-7,12,15,17H,5,8-11,13H2,1H3. The van der Waals surface area contributed by atoms with Gasteiger partial charge in [-0.1, -0.05) is 17.7 Å². The van der Waals surface area contributed by atoms with Crippen LogP contribution < -0.4 is 0 Å². The first-order chi connectivity index (χ1) is 15.8. The van der Waals surface area contributed by atoms with Crippen LogP contribution in [0, 0.1) is 26.6 Å². The van der Waals surface area contributed by atoms with Crippen molar-refractivity contribution < 1.29 is 18.7 Å². The molecule has 2 aliphatic rings. The van der Waals surface area contributed by atoms with E-state index in [0.29, 0.717) is 33.0 Å². The lowest BCUT2D eigenvalue weighted by Gasteiger charge is -2.57. The average Bonchev–Trinajstić information content (AvgIpc) is 3.12. The van der Waals surface area contributed by atoms with Crippen molar-refractivity contribution >= 4 is 56.8 Å². The fraction of sp³-hybridized carbons (Fsp3) is 0.400. The summed E-state index contributed by atoms with van der Waals surface area (Å²) in [6.07, 6.45) is 5.81. The minimum atomic E-state index is -0.270. The van der Waals surface area contributed by atoms with Crippen LogP contribution in [0.5, 0.6) is 0 Å². The number of rotatable bonds is 6. The first-order valence-corrected chi connectivity index (χ1v) is 12.4. The van der Waals surface area contributed by atoms with E-state index in [1.54, 1.807) is 29.1 Å². The number of carbonyl (C=O) groups is 2. The number of carbonyl (C=O) groups excluding carboxylic acids is 2. The molecule has 5 rings (SSSR count). The highest BCUT2D eigenvalue weighted by atomic mass is 127. The Morgan fingerprint density at radius 2 is 2.00 bits per heavy atom. The summed E-state index contributed by atoms with van der Waals surface area (Å²) in [6, 6.07) is 8.61. The highest BCUT2D eigenvalue weighted by Gasteiger charge is 2.55. The van der Waals surface area contributed by atoms with Crippen LogP contribution >= 0.6 is 34.2 Å². The number of ether oxygens (including phenoxy) is 1. The number of Topliss-reactive ketones (excluding diaryl/α,β-unsaturated/α-hetero) is 1. The lowest BCUT2D eigenvalue weighted by atomic mass is 9.47. The molecular weight excluding hydrogens is 558 g/mol. The molecule has 5 nitrogen and oxygen atoms in total. The van der Waals surface area contributed by atoms with Crippen LogP contribution in [-0.4, -0.2) is 28.6 Å². The van der Waals surface area contributed by atoms with Gasteiger partial charge in [0.2, 0.25) is 0 Å². The smallest absolute Gasteiger partial charge is 0.308 e. The van der Waals surface area contributed by atoms with Gasteiger partial charge in [0.1, 0.15) is 5.82 Å². The second-order valence-electron chi connectivity index (χ2n) is 9.47. The summed E-state index contributed by atoms with van der Waals surface area (Å²) in [5.74, 6) is -0.0239. The number of halogens is 3. The molecule has 0 bridgehead atoms. The molecule has 2 aliphatic carbocycles. The van der Waals surface area contributed by atoms with Crippen LogP contribution in [0.1, 0.15) is 48.0 Å². The van der Waals surface area contributed by atoms with E-state index >= 15 is 0 Å². The van der Waals surface area contributed by atoms with Crippen molar-refractivity contribution in [1.82, 2.24) is 9.78 Å². The Labute approximate surface area is 209 Å². The van der Waals surface area contributed by atoms with E-state index < -0.39 is 0 Å². The van der Waals surface area contributed by atoms with E-state index in [-0.39, 0.29) is 28.9 Å². The van der Waals surface area contributed by atoms with Crippen LogP contribution in [0.4, 0.5) is 4.39 Å². The zero-order valence-corrected chi connectivity index (χ0v) is 21.0. The van der Waals surface area contributed by atoms with E-state index in [1.807, 2.05) is 28.7 Å². The minimum absolute atomic E-state index is 0.0136. The molecule has 1 aromatic heterocycles. The van der Waals surface area contributed by atoms with Gasteiger partial charge in [0.15, 0.2) is 5.78 Å². The third kappa shape index (κ3) is 4.30. The number of hydrogen-bond donors (Lipinski definition) is 0. The van der Waals surface area contributed by atoms with Crippen LogP contribution in [0.15, 0.2) is 36.5 Å². The van der Waals surface area contributed by atoms with Gasteiger partial charge in [-0.3, -0.25) is 14.3 Å². The number of ketones is 1. The molecule has 1 spiro atoms. The normalized spacial score (nSPS) is 23.9. The third-order valence-corrected chi connectivity index (χ3v) is 8.22. The van der Waals surface area contributed by atoms with Gasteiger partial charge in [-0.2, -0.15) is 5.10 Å². The molecule has 2 saturated carbocycles. The second-order valence-corrected chi connectivity index (χ2v) is 11.1. The fourth-order valence-corrected chi connectivity index (χ4v) is 6.24. The maximum atomic E-state index is 14.0. The zero-order chi connectivity index (χ0) is 23.3. The lowest BCUT2D eigenvalue weighted by molar-refractivity contribution is -0.161. The second kappa shape index (κ2) is 8.65. The van der Waals surface area contributed by atoms with E-state index in [1.165, 1.54) is 13.2 Å². The number of aromatic nitrogens is 2. The molecule has 172 valence electrons. The molecule has 3 aromatic rings. The Hall–Kier alpha value is -2.00. The Morgan fingerprint density at radius 1 is 1.24 bits per heavy atom. The molecule has 2 aromatic carbocycles. The van der Waals surface area contributed by atoms with Gasteiger partial charge in [-0.25, -0.2) is 4.39 Å². The third-order valence-electron chi connectivity index (χ3n) is 7.13. The number of fused-ring (bicyclic) bond motifs is 1. The van der Waals surface area contributed by atoms with Crippen molar-refractivity contribution in [3.63, 3.8) is 0 Å². The van der Waals surface area contributed by atoms with Gasteiger partial charge < -0.3 is 4.74 Å². The highest BCUT2D eigenvalue weighted by Crippen LogP contribution is 2.62. The van der Waals surface area contributed by atoms with Crippen molar-refractivity contribution in [2.24, 2.45) is 17.3 Å². The van der Waals surface area contributed by atoms with Crippen molar-refractivity contribution in [3.05, 3.63) is 62.1 Å². The van der Waals surface area contributed by atoms with Gasteiger partial charge in [-0.15, -0.1) is 0 Å². The summed E-state index contributed by atoms with van der Waals surface area (Å²) in [5.41, 5.74) is 2.27. The summed E-state index contributed by atoms with van der Waals surface area (Å²) < 4.78 is 21.2. The van der Waals surface area contributed by atoms with E-state index in [2.05, 4.69) is 5.10 Å². The summed E-state index contributed by atoms with van der Waals surface area (Å²) in [6.45, 7) is 0.362. The summed E-state index contributed by atoms with van der Waals surface area (Å²) in [4.78, 5) is 25.0. The number of esters is 1. The summed E-state index contributed by atoms with van der Waals surface area (Å²) in [5, 5.41) is 5.75. The van der Waals surface area contributed by atoms with E-state index in [9.17, 15) is 14.0 Å². The van der Waals surface area contributed by atoms with Gasteiger partial charge in [0.25, 0.3) is 0 Å². The molecule has 0 N–H and O–H groups in total. The Morgan fingerprint density at radius 3 is 2.70 bits per heavy atom. The first kappa shape index (κ1) is 22.8. The molecule has 0 radical (unpaired) electrons. The van der Waals surface area contributed by atoms with Crippen LogP contribution in [0.25, 0.3) is 10.9 Å². The average molecular weight is 581 g/mol. The van der Waals surface area contributed by atoms with Gasteiger partial charge in [-0.05, 0) is 89.4 Å². The van der Waals surface area contributed by atoms with Gasteiger partial charge in [0.05, 0.1) is 31.3 Å². The molecular formula is C25H23ClFIN2O3. The highest BCUT2D eigenvalue weighted by molar-refractivity contribution is 14.1. The summed E-state index contributed by atoms with van der Waals surface area (Å²) >= 11 is 8.27. The fourth-order valence-electron chi connectivity index (χ4n) is 5.67. The lowest BCUT2D eigenvalue weighted by Crippen LogP contribution is -2.50. The first-order valence-electron chi connectivity index (χ1n) is 11.0. The maximum absolute atomic E-state index is 14.0. The van der Waals surface area contributed by atoms with Crippen LogP contribution in [0.2, 0.25) is 5.02 Å². The van der Waals surface area contributed by atoms with Crippen molar-refractivity contribution in [2.75, 3.05) is 7.11 Å². The molecule has 0 atom stereocenters. The predicted octanol–water partition coefficient (Wildman–Crippen LogP) is 6.03. The van der Waals surface area contributed by atoms with E-state index in [4.69, 9.17) is 16.3 Å². The van der Waals surface area contributed by atoms with Gasteiger partial charge in [0, 0.05) is 26.0 Å². The Kier molecular flexibility index (Phi) is 5.97. The Bertz CT molecular complexity index is 1260. The largest absolute Gasteiger partial charge is 0.469 e. The number of benzene rings is 2. The van der Waals surface area contributed by atoms with Gasteiger partial charge >= 0.3 is 5.97 Å². The molecule has 1 heterocycles. The minimum Gasteiger partial charge on any atom is -0.469 e. The van der Waals surface area contributed by atoms with Crippen molar-refractivity contribution in [3.8, 4) is 0 Å². The molecule has 2 fully saturated rings. The molecule has 33 heavy (non-hydrogen) atoms. The molecule has 0 aliphatic heterocycles. The Balaban J connectivity index is 1.33.